The summed E-state index contributed by atoms with van der Waals surface area (Å²) in [5.41, 5.74) is 0. The molecule has 0 heterocycles. The highest BCUT2D eigenvalue weighted by atomic mass is 32.2. The third-order valence-corrected chi connectivity index (χ3v) is 6.30. The van der Waals surface area contributed by atoms with Gasteiger partial charge in [0, 0.05) is 6.04 Å². The van der Waals surface area contributed by atoms with Crippen LogP contribution in [0.4, 0.5) is 0 Å². The van der Waals surface area contributed by atoms with Gasteiger partial charge in [-0.15, -0.1) is 0 Å². The zero-order valence-corrected chi connectivity index (χ0v) is 12.9. The molecule has 0 amide bonds. The van der Waals surface area contributed by atoms with E-state index in [0.29, 0.717) is 17.7 Å². The fraction of sp³-hybridized carbons (Fsp3) is 1.00. The van der Waals surface area contributed by atoms with Crippen molar-refractivity contribution in [3.63, 3.8) is 0 Å². The van der Waals surface area contributed by atoms with Crippen LogP contribution in [-0.4, -0.2) is 32.0 Å². The zero-order chi connectivity index (χ0) is 13.6. The average molecular weight is 275 g/mol. The summed E-state index contributed by atoms with van der Waals surface area (Å²) in [5, 5.41) is 3.30. The van der Waals surface area contributed by atoms with E-state index >= 15 is 0 Å². The molecule has 0 bridgehead atoms. The first-order chi connectivity index (χ1) is 8.45. The molecular weight excluding hydrogens is 246 g/mol. The first-order valence-corrected chi connectivity index (χ1v) is 9.12. The van der Waals surface area contributed by atoms with Gasteiger partial charge < -0.3 is 5.32 Å². The van der Waals surface area contributed by atoms with Gasteiger partial charge in [0.25, 0.3) is 0 Å². The molecule has 1 N–H and O–H groups in total. The largest absolute Gasteiger partial charge is 0.314 e. The number of rotatable bonds is 6. The minimum absolute atomic E-state index is 0.229. The Balaban J connectivity index is 2.45. The van der Waals surface area contributed by atoms with Gasteiger partial charge in [-0.3, -0.25) is 0 Å². The number of hydrogen-bond donors (Lipinski definition) is 1. The Bertz CT molecular complexity index is 325. The van der Waals surface area contributed by atoms with Crippen molar-refractivity contribution in [3.8, 4) is 0 Å². The second-order valence-corrected chi connectivity index (χ2v) is 8.52. The molecule has 0 aromatic heterocycles. The Labute approximate surface area is 113 Å². The van der Waals surface area contributed by atoms with Gasteiger partial charge >= 0.3 is 0 Å². The van der Waals surface area contributed by atoms with E-state index in [1.807, 2.05) is 0 Å². The van der Waals surface area contributed by atoms with Crippen LogP contribution in [0.1, 0.15) is 59.3 Å². The van der Waals surface area contributed by atoms with Crippen molar-refractivity contribution in [2.24, 2.45) is 5.92 Å². The van der Waals surface area contributed by atoms with E-state index in [2.05, 4.69) is 12.2 Å². The third kappa shape index (κ3) is 5.27. The Kier molecular flexibility index (Phi) is 6.64. The van der Waals surface area contributed by atoms with Crippen molar-refractivity contribution in [2.45, 2.75) is 70.6 Å². The minimum atomic E-state index is -2.86. The minimum Gasteiger partial charge on any atom is -0.314 e. The summed E-state index contributed by atoms with van der Waals surface area (Å²) in [7, 11) is -2.86. The Morgan fingerprint density at radius 3 is 2.50 bits per heavy atom. The maximum Gasteiger partial charge on any atom is 0.152 e. The lowest BCUT2D eigenvalue weighted by Crippen LogP contribution is -2.30. The van der Waals surface area contributed by atoms with Crippen molar-refractivity contribution in [1.29, 1.82) is 0 Å². The van der Waals surface area contributed by atoms with Gasteiger partial charge in [-0.05, 0) is 45.6 Å². The van der Waals surface area contributed by atoms with Crippen molar-refractivity contribution in [1.82, 2.24) is 5.32 Å². The van der Waals surface area contributed by atoms with Gasteiger partial charge in [0.2, 0.25) is 0 Å². The monoisotopic (exact) mass is 275 g/mol. The van der Waals surface area contributed by atoms with Crippen LogP contribution >= 0.6 is 0 Å². The molecular formula is C14H29NO2S. The Hall–Kier alpha value is -0.0900. The van der Waals surface area contributed by atoms with E-state index < -0.39 is 9.84 Å². The van der Waals surface area contributed by atoms with Crippen LogP contribution in [0.2, 0.25) is 0 Å². The number of hydrogen-bond acceptors (Lipinski definition) is 3. The van der Waals surface area contributed by atoms with Gasteiger partial charge in [-0.1, -0.05) is 26.2 Å². The highest BCUT2D eigenvalue weighted by Gasteiger charge is 2.23. The molecule has 1 saturated carbocycles. The zero-order valence-electron chi connectivity index (χ0n) is 12.1. The maximum atomic E-state index is 11.9. The lowest BCUT2D eigenvalue weighted by atomic mass is 9.95. The molecule has 1 aliphatic rings. The van der Waals surface area contributed by atoms with Crippen LogP contribution < -0.4 is 5.32 Å². The lowest BCUT2D eigenvalue weighted by molar-refractivity contribution is 0.382. The summed E-state index contributed by atoms with van der Waals surface area (Å²) in [4.78, 5) is 0. The van der Waals surface area contributed by atoms with E-state index in [-0.39, 0.29) is 5.25 Å². The van der Waals surface area contributed by atoms with E-state index in [9.17, 15) is 8.42 Å². The van der Waals surface area contributed by atoms with E-state index in [1.54, 1.807) is 13.8 Å². The Morgan fingerprint density at radius 1 is 1.22 bits per heavy atom. The summed E-state index contributed by atoms with van der Waals surface area (Å²) in [6.07, 6.45) is 7.00. The predicted octanol–water partition coefficient (Wildman–Crippen LogP) is 2.76. The molecule has 1 fully saturated rings. The van der Waals surface area contributed by atoms with Gasteiger partial charge in [0.05, 0.1) is 11.0 Å². The third-order valence-electron chi connectivity index (χ3n) is 4.05. The fourth-order valence-corrected chi connectivity index (χ4v) is 3.90. The smallest absolute Gasteiger partial charge is 0.152 e. The first kappa shape index (κ1) is 16.0. The van der Waals surface area contributed by atoms with Crippen LogP contribution in [0, 0.1) is 5.92 Å². The lowest BCUT2D eigenvalue weighted by Gasteiger charge is -2.21. The van der Waals surface area contributed by atoms with Gasteiger partial charge in [-0.25, -0.2) is 8.42 Å². The highest BCUT2D eigenvalue weighted by molar-refractivity contribution is 7.91. The van der Waals surface area contributed by atoms with Gasteiger partial charge in [0.1, 0.15) is 0 Å². The molecule has 18 heavy (non-hydrogen) atoms. The quantitative estimate of drug-likeness (QED) is 0.758. The van der Waals surface area contributed by atoms with E-state index in [0.717, 1.165) is 19.4 Å². The molecule has 0 aromatic carbocycles. The highest BCUT2D eigenvalue weighted by Crippen LogP contribution is 2.26. The van der Waals surface area contributed by atoms with Crippen molar-refractivity contribution in [3.05, 3.63) is 0 Å². The predicted molar refractivity (Wildman–Crippen MR) is 77.6 cm³/mol. The fourth-order valence-electron chi connectivity index (χ4n) is 2.76. The molecule has 4 heteroatoms. The molecule has 0 aliphatic heterocycles. The second kappa shape index (κ2) is 7.49. The molecule has 108 valence electrons. The van der Waals surface area contributed by atoms with E-state index in [1.165, 1.54) is 25.7 Å². The summed E-state index contributed by atoms with van der Waals surface area (Å²) < 4.78 is 23.7. The number of sulfone groups is 1. The standard InChI is InChI=1S/C14H29NO2S/c1-4-15-14-8-6-5-7-13(11-14)9-10-18(16,17)12(2)3/h12-15H,4-11H2,1-3H3. The molecule has 1 rings (SSSR count). The van der Waals surface area contributed by atoms with Crippen molar-refractivity contribution < 1.29 is 8.42 Å². The average Bonchev–Trinajstić information content (AvgIpc) is 2.52. The summed E-state index contributed by atoms with van der Waals surface area (Å²) in [6.45, 7) is 6.72. The molecule has 1 aliphatic carbocycles. The normalized spacial score (nSPS) is 26.2. The van der Waals surface area contributed by atoms with Crippen molar-refractivity contribution >= 4 is 9.84 Å². The molecule has 2 atom stereocenters. The van der Waals surface area contributed by atoms with E-state index in [4.69, 9.17) is 0 Å². The summed E-state index contributed by atoms with van der Waals surface area (Å²) in [6, 6.07) is 0.601. The number of nitrogens with one attached hydrogen (secondary N) is 1. The topological polar surface area (TPSA) is 46.2 Å². The molecule has 3 nitrogen and oxygen atoms in total. The maximum absolute atomic E-state index is 11.9. The van der Waals surface area contributed by atoms with Crippen LogP contribution in [0.5, 0.6) is 0 Å². The van der Waals surface area contributed by atoms with Crippen LogP contribution in [-0.2, 0) is 9.84 Å². The van der Waals surface area contributed by atoms with Crippen LogP contribution in [0.25, 0.3) is 0 Å². The molecule has 0 saturated heterocycles. The van der Waals surface area contributed by atoms with Gasteiger partial charge in [0.15, 0.2) is 9.84 Å². The summed E-state index contributed by atoms with van der Waals surface area (Å²) >= 11 is 0. The molecule has 0 spiro atoms. The Morgan fingerprint density at radius 2 is 1.89 bits per heavy atom. The second-order valence-electron chi connectivity index (χ2n) is 5.85. The molecule has 2 unspecified atom stereocenters. The first-order valence-electron chi connectivity index (χ1n) is 7.40. The van der Waals surface area contributed by atoms with Crippen LogP contribution in [0.15, 0.2) is 0 Å². The summed E-state index contributed by atoms with van der Waals surface area (Å²) in [5.74, 6) is 0.957. The van der Waals surface area contributed by atoms with Crippen LogP contribution in [0.3, 0.4) is 0 Å². The molecule has 0 radical (unpaired) electrons. The van der Waals surface area contributed by atoms with Gasteiger partial charge in [-0.2, -0.15) is 0 Å². The van der Waals surface area contributed by atoms with Crippen molar-refractivity contribution in [2.75, 3.05) is 12.3 Å². The SMILES string of the molecule is CCNC1CCCCC(CCS(=O)(=O)C(C)C)C1. The molecule has 0 aromatic rings.